The molecule has 0 heterocycles. The average molecular weight is 347 g/mol. The van der Waals surface area contributed by atoms with Crippen LogP contribution >= 0.6 is 0 Å². The number of Topliss-reactive ketones (excluding diaryl/α,β-unsaturated/α-hetero) is 1. The summed E-state index contributed by atoms with van der Waals surface area (Å²) in [7, 11) is 0. The van der Waals surface area contributed by atoms with Gasteiger partial charge in [-0.05, 0) is 17.5 Å². The largest absolute Gasteiger partial charge is 0.506 e. The number of nitro benzene ring substituents is 1. The molecular weight excluding hydrogens is 330 g/mol. The minimum atomic E-state index is -1.33. The third-order valence-electron chi connectivity index (χ3n) is 3.69. The number of carboxylic acids is 1. The van der Waals surface area contributed by atoms with E-state index in [9.17, 15) is 24.8 Å². The fourth-order valence-corrected chi connectivity index (χ4v) is 2.12. The van der Waals surface area contributed by atoms with Gasteiger partial charge in [0.2, 0.25) is 0 Å². The number of ketones is 1. The fourth-order valence-electron chi connectivity index (χ4n) is 2.12. The van der Waals surface area contributed by atoms with Crippen molar-refractivity contribution in [2.45, 2.75) is 20.8 Å². The number of hydrogen-bond donors (Lipinski definition) is 2. The van der Waals surface area contributed by atoms with Gasteiger partial charge in [0.25, 0.3) is 0 Å². The summed E-state index contributed by atoms with van der Waals surface area (Å²) >= 11 is 0. The van der Waals surface area contributed by atoms with Crippen molar-refractivity contribution in [1.29, 1.82) is 0 Å². The highest BCUT2D eigenvalue weighted by atomic mass is 16.6. The Morgan fingerprint density at radius 3 is 2.40 bits per heavy atom. The molecule has 0 spiro atoms. The van der Waals surface area contributed by atoms with Crippen molar-refractivity contribution < 1.29 is 29.5 Å². The van der Waals surface area contributed by atoms with E-state index in [2.05, 4.69) is 0 Å². The van der Waals surface area contributed by atoms with Crippen LogP contribution in [0.4, 0.5) is 5.69 Å². The molecule has 0 radical (unpaired) electrons. The summed E-state index contributed by atoms with van der Waals surface area (Å²) in [6.45, 7) is 4.70. The molecule has 132 valence electrons. The smallest absolute Gasteiger partial charge is 0.339 e. The lowest BCUT2D eigenvalue weighted by molar-refractivity contribution is -0.385. The van der Waals surface area contributed by atoms with Gasteiger partial charge in [0.1, 0.15) is 17.9 Å². The number of phenols is 1. The number of benzene rings is 2. The van der Waals surface area contributed by atoms with Crippen LogP contribution in [-0.2, 0) is 4.79 Å². The Hall–Kier alpha value is -3.16. The first-order valence-electron chi connectivity index (χ1n) is 7.36. The Labute approximate surface area is 142 Å². The van der Waals surface area contributed by atoms with E-state index in [1.807, 2.05) is 0 Å². The van der Waals surface area contributed by atoms with Gasteiger partial charge < -0.3 is 14.9 Å². The molecular formula is C17H17NO7. The molecule has 2 aromatic rings. The predicted molar refractivity (Wildman–Crippen MR) is 89.2 cm³/mol. The quantitative estimate of drug-likeness (QED) is 0.628. The molecule has 0 aromatic heterocycles. The van der Waals surface area contributed by atoms with Crippen molar-refractivity contribution in [3.63, 3.8) is 0 Å². The van der Waals surface area contributed by atoms with Crippen molar-refractivity contribution in [3.05, 3.63) is 39.9 Å². The second-order valence-electron chi connectivity index (χ2n) is 6.53. The van der Waals surface area contributed by atoms with Crippen LogP contribution in [0.1, 0.15) is 31.1 Å². The molecule has 0 unspecified atom stereocenters. The maximum Gasteiger partial charge on any atom is 0.339 e. The summed E-state index contributed by atoms with van der Waals surface area (Å²) in [5.74, 6) is -2.33. The van der Waals surface area contributed by atoms with Crippen LogP contribution in [0.25, 0.3) is 10.8 Å². The third-order valence-corrected chi connectivity index (χ3v) is 3.69. The standard InChI is InChI=1S/C17H17NO7/c1-17(2,3)14(19)8-25-13-7-11-9(6-12(13)18(23)24)4-5-10(15(11)20)16(21)22/h4-7,20H,8H2,1-3H3,(H,21,22). The van der Waals surface area contributed by atoms with Gasteiger partial charge in [-0.25, -0.2) is 4.79 Å². The molecule has 0 aliphatic rings. The van der Waals surface area contributed by atoms with Crippen molar-refractivity contribution >= 4 is 28.2 Å². The summed E-state index contributed by atoms with van der Waals surface area (Å²) in [4.78, 5) is 33.7. The Morgan fingerprint density at radius 2 is 1.88 bits per heavy atom. The summed E-state index contributed by atoms with van der Waals surface area (Å²) in [5, 5.41) is 30.8. The van der Waals surface area contributed by atoms with Crippen LogP contribution in [0, 0.1) is 15.5 Å². The van der Waals surface area contributed by atoms with Crippen LogP contribution in [0.5, 0.6) is 11.5 Å². The Balaban J connectivity index is 2.54. The molecule has 25 heavy (non-hydrogen) atoms. The molecule has 0 bridgehead atoms. The number of aromatic carboxylic acids is 1. The molecule has 2 rings (SSSR count). The van der Waals surface area contributed by atoms with Gasteiger partial charge in [0.05, 0.1) is 4.92 Å². The molecule has 8 heteroatoms. The first-order valence-corrected chi connectivity index (χ1v) is 7.36. The van der Waals surface area contributed by atoms with Crippen molar-refractivity contribution in [2.24, 2.45) is 5.41 Å². The van der Waals surface area contributed by atoms with E-state index in [0.29, 0.717) is 0 Å². The third kappa shape index (κ3) is 3.68. The van der Waals surface area contributed by atoms with Crippen molar-refractivity contribution in [1.82, 2.24) is 0 Å². The number of rotatable bonds is 5. The maximum atomic E-state index is 12.0. The lowest BCUT2D eigenvalue weighted by atomic mass is 9.91. The minimum Gasteiger partial charge on any atom is -0.506 e. The first kappa shape index (κ1) is 18.2. The molecule has 2 N–H and O–H groups in total. The lowest BCUT2D eigenvalue weighted by Crippen LogP contribution is -2.26. The highest BCUT2D eigenvalue weighted by Crippen LogP contribution is 2.37. The Kier molecular flexibility index (Phi) is 4.64. The minimum absolute atomic E-state index is 0.0868. The normalized spacial score (nSPS) is 11.3. The van der Waals surface area contributed by atoms with E-state index in [1.54, 1.807) is 20.8 Å². The average Bonchev–Trinajstić information content (AvgIpc) is 2.50. The summed E-state index contributed by atoms with van der Waals surface area (Å²) < 4.78 is 5.30. The molecule has 0 saturated heterocycles. The lowest BCUT2D eigenvalue weighted by Gasteiger charge is -2.17. The number of aromatic hydroxyl groups is 1. The second-order valence-corrected chi connectivity index (χ2v) is 6.53. The van der Waals surface area contributed by atoms with E-state index < -0.39 is 22.1 Å². The number of hydrogen-bond acceptors (Lipinski definition) is 6. The maximum absolute atomic E-state index is 12.0. The molecule has 0 aliphatic heterocycles. The molecule has 0 atom stereocenters. The van der Waals surface area contributed by atoms with Gasteiger partial charge in [-0.2, -0.15) is 0 Å². The summed E-state index contributed by atoms with van der Waals surface area (Å²) in [6, 6.07) is 4.85. The van der Waals surface area contributed by atoms with E-state index in [0.717, 1.165) is 12.1 Å². The zero-order valence-corrected chi connectivity index (χ0v) is 13.9. The second kappa shape index (κ2) is 6.39. The SMILES string of the molecule is CC(C)(C)C(=O)COc1cc2c(O)c(C(=O)O)ccc2cc1[N+](=O)[O-]. The van der Waals surface area contributed by atoms with Gasteiger partial charge in [0, 0.05) is 16.9 Å². The van der Waals surface area contributed by atoms with E-state index in [4.69, 9.17) is 9.84 Å². The Bertz CT molecular complexity index is 881. The van der Waals surface area contributed by atoms with E-state index in [1.165, 1.54) is 12.1 Å². The number of carbonyl (C=O) groups excluding carboxylic acids is 1. The molecule has 0 fully saturated rings. The highest BCUT2D eigenvalue weighted by molar-refractivity contribution is 6.01. The number of ether oxygens (including phenoxy) is 1. The van der Waals surface area contributed by atoms with Crippen molar-refractivity contribution in [2.75, 3.05) is 6.61 Å². The fraction of sp³-hybridized carbons (Fsp3) is 0.294. The van der Waals surface area contributed by atoms with Crippen LogP contribution in [-0.4, -0.2) is 33.5 Å². The molecule has 2 aromatic carbocycles. The van der Waals surface area contributed by atoms with E-state index >= 15 is 0 Å². The van der Waals surface area contributed by atoms with Gasteiger partial charge in [-0.1, -0.05) is 26.8 Å². The molecule has 8 nitrogen and oxygen atoms in total. The van der Waals surface area contributed by atoms with Crippen molar-refractivity contribution in [3.8, 4) is 11.5 Å². The molecule has 0 saturated carbocycles. The van der Waals surface area contributed by atoms with Crippen LogP contribution in [0.2, 0.25) is 0 Å². The summed E-state index contributed by atoms with van der Waals surface area (Å²) in [6.07, 6.45) is 0. The van der Waals surface area contributed by atoms with E-state index in [-0.39, 0.29) is 40.2 Å². The molecule has 0 aliphatic carbocycles. The number of carbonyl (C=O) groups is 2. The number of nitrogens with zero attached hydrogens (tertiary/aromatic N) is 1. The first-order chi connectivity index (χ1) is 11.5. The topological polar surface area (TPSA) is 127 Å². The zero-order valence-electron chi connectivity index (χ0n) is 13.9. The van der Waals surface area contributed by atoms with Gasteiger partial charge >= 0.3 is 11.7 Å². The number of nitro groups is 1. The van der Waals surface area contributed by atoms with Crippen LogP contribution in [0.3, 0.4) is 0 Å². The van der Waals surface area contributed by atoms with Gasteiger partial charge in [-0.15, -0.1) is 0 Å². The number of fused-ring (bicyclic) bond motifs is 1. The summed E-state index contributed by atoms with van der Waals surface area (Å²) in [5.41, 5.74) is -1.39. The monoisotopic (exact) mass is 347 g/mol. The zero-order chi connectivity index (χ0) is 18.9. The van der Waals surface area contributed by atoms with Crippen LogP contribution in [0.15, 0.2) is 24.3 Å². The highest BCUT2D eigenvalue weighted by Gasteiger charge is 2.25. The van der Waals surface area contributed by atoms with Gasteiger partial charge in [-0.3, -0.25) is 14.9 Å². The van der Waals surface area contributed by atoms with Gasteiger partial charge in [0.15, 0.2) is 11.5 Å². The molecule has 0 amide bonds. The predicted octanol–water partition coefficient (Wildman–Crippen LogP) is 3.15. The number of carboxylic acid groups (broad SMARTS) is 1. The Morgan fingerprint density at radius 1 is 1.24 bits per heavy atom. The van der Waals surface area contributed by atoms with Crippen LogP contribution < -0.4 is 4.74 Å².